The van der Waals surface area contributed by atoms with Crippen LogP contribution < -0.4 is 0 Å². The summed E-state index contributed by atoms with van der Waals surface area (Å²) >= 11 is 0. The molecule has 4 heterocycles. The maximum atomic E-state index is 11.4. The minimum atomic E-state index is -0.345. The quantitative estimate of drug-likeness (QED) is 0.677. The highest BCUT2D eigenvalue weighted by Crippen LogP contribution is 2.79. The van der Waals surface area contributed by atoms with Crippen molar-refractivity contribution in [3.63, 3.8) is 0 Å². The predicted molar refractivity (Wildman–Crippen MR) is 96.0 cm³/mol. The largest absolute Gasteiger partial charge is 0.388 e. The molecule has 0 radical (unpaired) electrons. The highest BCUT2D eigenvalue weighted by Gasteiger charge is 2.80. The summed E-state index contributed by atoms with van der Waals surface area (Å²) in [5.74, 6) is 1.84. The van der Waals surface area contributed by atoms with Crippen LogP contribution in [0.5, 0.6) is 0 Å². The number of hydrogen-bond acceptors (Lipinski definition) is 4. The highest BCUT2D eigenvalue weighted by atomic mass is 16.6. The Bertz CT molecular complexity index is 710. The van der Waals surface area contributed by atoms with Gasteiger partial charge in [0, 0.05) is 22.8 Å². The molecule has 10 atom stereocenters. The van der Waals surface area contributed by atoms with Crippen LogP contribution in [0.2, 0.25) is 0 Å². The van der Waals surface area contributed by atoms with Gasteiger partial charge in [0.15, 0.2) is 0 Å². The van der Waals surface area contributed by atoms with Crippen molar-refractivity contribution < 1.29 is 14.6 Å². The van der Waals surface area contributed by atoms with Gasteiger partial charge < -0.3 is 14.6 Å². The number of aliphatic hydroxyl groups is 1. The van der Waals surface area contributed by atoms with Gasteiger partial charge in [-0.25, -0.2) is 4.90 Å². The summed E-state index contributed by atoms with van der Waals surface area (Å²) in [6.07, 6.45) is 8.94. The first-order chi connectivity index (χ1) is 12.5. The smallest absolute Gasteiger partial charge is 0.119 e. The van der Waals surface area contributed by atoms with Gasteiger partial charge in [-0.05, 0) is 61.9 Å². The summed E-state index contributed by atoms with van der Waals surface area (Å²) in [5, 5.41) is 11.4. The molecule has 5 saturated carbocycles. The number of piperidine rings is 1. The van der Waals surface area contributed by atoms with Crippen molar-refractivity contribution in [3.8, 4) is 0 Å². The van der Waals surface area contributed by atoms with E-state index in [2.05, 4.69) is 18.4 Å². The van der Waals surface area contributed by atoms with Crippen LogP contribution in [0.4, 0.5) is 0 Å². The molecule has 0 aromatic heterocycles. The number of fused-ring (bicyclic) bond motifs is 4. The standard InChI is InChI=1S/C22H31NO3/c1-12-13-4-7-22(17(12)24)15(10-13)21-6-3-5-20(2)14(21)11-16(22)26-19(21)23-8-9-25-18(20)23/h13-19,24H,1,3-11H2,2H3/t13-,14+,15-,16+,17-,18-,19-,20+,21-,22?/m0/s1. The van der Waals surface area contributed by atoms with Crippen LogP contribution in [0.3, 0.4) is 0 Å². The van der Waals surface area contributed by atoms with E-state index in [1.54, 1.807) is 0 Å². The molecule has 26 heavy (non-hydrogen) atoms. The third-order valence-electron chi connectivity index (χ3n) is 10.5. The first-order valence-electron chi connectivity index (χ1n) is 10.9. The Balaban J connectivity index is 1.45. The fraction of sp³-hybridized carbons (Fsp3) is 0.909. The molecule has 5 aliphatic carbocycles. The second-order valence-corrected chi connectivity index (χ2v) is 10.8. The van der Waals surface area contributed by atoms with E-state index in [4.69, 9.17) is 9.47 Å². The average Bonchev–Trinajstić information content (AvgIpc) is 3.14. The molecule has 9 aliphatic rings. The van der Waals surface area contributed by atoms with E-state index in [-0.39, 0.29) is 40.9 Å². The summed E-state index contributed by atoms with van der Waals surface area (Å²) in [4.78, 5) is 2.60. The maximum absolute atomic E-state index is 11.4. The van der Waals surface area contributed by atoms with Crippen molar-refractivity contribution in [3.05, 3.63) is 12.2 Å². The first-order valence-corrected chi connectivity index (χ1v) is 10.9. The zero-order chi connectivity index (χ0) is 17.5. The minimum absolute atomic E-state index is 0.0511. The Labute approximate surface area is 155 Å². The van der Waals surface area contributed by atoms with Crippen molar-refractivity contribution in [2.45, 2.75) is 76.5 Å². The molecule has 9 rings (SSSR count). The molecule has 4 nitrogen and oxygen atoms in total. The van der Waals surface area contributed by atoms with Gasteiger partial charge in [0.2, 0.25) is 0 Å². The van der Waals surface area contributed by atoms with E-state index < -0.39 is 0 Å². The lowest BCUT2D eigenvalue weighted by molar-refractivity contribution is -0.422. The van der Waals surface area contributed by atoms with E-state index in [0.717, 1.165) is 31.6 Å². The van der Waals surface area contributed by atoms with Gasteiger partial charge in [0.1, 0.15) is 12.5 Å². The normalized spacial score (nSPS) is 65.2. The molecule has 4 heteroatoms. The number of rotatable bonds is 0. The molecule has 142 valence electrons. The maximum Gasteiger partial charge on any atom is 0.119 e. The third kappa shape index (κ3) is 1.32. The second-order valence-electron chi connectivity index (χ2n) is 10.8. The van der Waals surface area contributed by atoms with Crippen molar-refractivity contribution >= 4 is 0 Å². The molecule has 1 unspecified atom stereocenters. The molecule has 4 saturated heterocycles. The van der Waals surface area contributed by atoms with Gasteiger partial charge in [-0.15, -0.1) is 0 Å². The van der Waals surface area contributed by atoms with Gasteiger partial charge in [-0.2, -0.15) is 0 Å². The molecule has 0 aromatic carbocycles. The van der Waals surface area contributed by atoms with Gasteiger partial charge in [-0.3, -0.25) is 0 Å². The summed E-state index contributed by atoms with van der Waals surface area (Å²) in [7, 11) is 0. The number of ether oxygens (including phenoxy) is 2. The molecule has 0 amide bonds. The van der Waals surface area contributed by atoms with Crippen LogP contribution in [-0.4, -0.2) is 47.8 Å². The van der Waals surface area contributed by atoms with Crippen LogP contribution in [0.25, 0.3) is 0 Å². The number of hydrogen-bond donors (Lipinski definition) is 1. The van der Waals surface area contributed by atoms with Crippen LogP contribution in [0.15, 0.2) is 12.2 Å². The van der Waals surface area contributed by atoms with E-state index in [0.29, 0.717) is 17.8 Å². The van der Waals surface area contributed by atoms with E-state index >= 15 is 0 Å². The molecular weight excluding hydrogens is 326 g/mol. The molecule has 9 fully saturated rings. The molecule has 4 aliphatic heterocycles. The fourth-order valence-corrected chi connectivity index (χ4v) is 9.72. The number of aliphatic hydroxyl groups excluding tert-OH is 1. The van der Waals surface area contributed by atoms with Crippen molar-refractivity contribution in [2.75, 3.05) is 13.2 Å². The van der Waals surface area contributed by atoms with Crippen LogP contribution >= 0.6 is 0 Å². The zero-order valence-corrected chi connectivity index (χ0v) is 15.8. The van der Waals surface area contributed by atoms with Gasteiger partial charge >= 0.3 is 0 Å². The van der Waals surface area contributed by atoms with E-state index in [1.165, 1.54) is 32.1 Å². The Kier molecular flexibility index (Phi) is 2.64. The van der Waals surface area contributed by atoms with Crippen molar-refractivity contribution in [2.24, 2.45) is 34.0 Å². The monoisotopic (exact) mass is 357 g/mol. The number of nitrogens with zero attached hydrogens (tertiary/aromatic N) is 1. The topological polar surface area (TPSA) is 41.9 Å². The lowest BCUT2D eigenvalue weighted by Crippen LogP contribution is -2.83. The highest BCUT2D eigenvalue weighted by molar-refractivity contribution is 5.32. The summed E-state index contributed by atoms with van der Waals surface area (Å²) < 4.78 is 13.2. The second kappa shape index (κ2) is 4.42. The molecule has 2 spiro atoms. The van der Waals surface area contributed by atoms with Crippen LogP contribution in [0.1, 0.15) is 51.9 Å². The van der Waals surface area contributed by atoms with Crippen LogP contribution in [-0.2, 0) is 9.47 Å². The van der Waals surface area contributed by atoms with Gasteiger partial charge in [0.05, 0.1) is 18.8 Å². The zero-order valence-electron chi connectivity index (χ0n) is 15.8. The lowest BCUT2D eigenvalue weighted by atomic mass is 9.32. The summed E-state index contributed by atoms with van der Waals surface area (Å²) in [6, 6.07) is 0. The summed E-state index contributed by atoms with van der Waals surface area (Å²) in [6.45, 7) is 8.71. The Morgan fingerprint density at radius 1 is 1.12 bits per heavy atom. The van der Waals surface area contributed by atoms with E-state index in [9.17, 15) is 5.11 Å². The Morgan fingerprint density at radius 2 is 2.00 bits per heavy atom. The molecule has 1 N–H and O–H groups in total. The van der Waals surface area contributed by atoms with Crippen LogP contribution in [0, 0.1) is 34.0 Å². The molecule has 7 bridgehead atoms. The van der Waals surface area contributed by atoms with Crippen molar-refractivity contribution in [1.82, 2.24) is 4.90 Å². The Hall–Kier alpha value is -0.420. The summed E-state index contributed by atoms with van der Waals surface area (Å²) in [5.41, 5.74) is 1.55. The predicted octanol–water partition coefficient (Wildman–Crippen LogP) is 2.91. The molecule has 0 aromatic rings. The Morgan fingerprint density at radius 3 is 2.88 bits per heavy atom. The SMILES string of the molecule is C=C1[C@H]2CCC3([C@@H](C2)[C@@]24CCC[C@@]5(C)[C@@H]6OCCN6[C@H]2O[C@@H]3C[C@H]54)[C@H]1O. The van der Waals surface area contributed by atoms with Gasteiger partial charge in [0.25, 0.3) is 0 Å². The lowest BCUT2D eigenvalue weighted by Gasteiger charge is -2.80. The first kappa shape index (κ1) is 15.5. The third-order valence-corrected chi connectivity index (χ3v) is 10.5. The van der Waals surface area contributed by atoms with Gasteiger partial charge in [-0.1, -0.05) is 19.9 Å². The average molecular weight is 357 g/mol. The molecular formula is C22H31NO3. The van der Waals surface area contributed by atoms with E-state index in [1.807, 2.05) is 0 Å². The fourth-order valence-electron chi connectivity index (χ4n) is 9.72. The minimum Gasteiger partial charge on any atom is -0.388 e. The van der Waals surface area contributed by atoms with Crippen molar-refractivity contribution in [1.29, 1.82) is 0 Å².